The van der Waals surface area contributed by atoms with E-state index in [1.165, 1.54) is 6.42 Å². The van der Waals surface area contributed by atoms with E-state index in [9.17, 15) is 4.79 Å². The number of ether oxygens (including phenoxy) is 1. The van der Waals surface area contributed by atoms with Crippen LogP contribution >= 0.6 is 0 Å². The van der Waals surface area contributed by atoms with Gasteiger partial charge in [0, 0.05) is 38.3 Å². The topological polar surface area (TPSA) is 57.2 Å². The van der Waals surface area contributed by atoms with Crippen LogP contribution in [-0.4, -0.2) is 66.6 Å². The minimum Gasteiger partial charge on any atom is -0.372 e. The number of rotatable bonds is 4. The van der Waals surface area contributed by atoms with E-state index in [4.69, 9.17) is 9.73 Å². The van der Waals surface area contributed by atoms with Gasteiger partial charge in [0.15, 0.2) is 5.96 Å². The second-order valence-electron chi connectivity index (χ2n) is 9.17. The second-order valence-corrected chi connectivity index (χ2v) is 9.17. The maximum Gasteiger partial charge on any atom is 0.254 e. The van der Waals surface area contributed by atoms with Crippen LogP contribution in [0.5, 0.6) is 0 Å². The molecule has 2 saturated heterocycles. The zero-order valence-electron chi connectivity index (χ0n) is 18.6. The lowest BCUT2D eigenvalue weighted by molar-refractivity contribution is -0.0586. The van der Waals surface area contributed by atoms with Crippen molar-refractivity contribution in [2.45, 2.75) is 59.8 Å². The molecule has 29 heavy (non-hydrogen) atoms. The number of hydrogen-bond acceptors (Lipinski definition) is 3. The van der Waals surface area contributed by atoms with Crippen LogP contribution in [0.4, 0.5) is 0 Å². The molecule has 2 unspecified atom stereocenters. The molecule has 1 amide bonds. The highest BCUT2D eigenvalue weighted by atomic mass is 16.5. The monoisotopic (exact) mass is 400 g/mol. The fourth-order valence-electron chi connectivity index (χ4n) is 4.16. The van der Waals surface area contributed by atoms with E-state index < -0.39 is 0 Å². The van der Waals surface area contributed by atoms with Gasteiger partial charge in [-0.25, -0.2) is 4.99 Å². The lowest BCUT2D eigenvalue weighted by Gasteiger charge is -2.35. The minimum absolute atomic E-state index is 0.0784. The zero-order chi connectivity index (χ0) is 21.0. The van der Waals surface area contributed by atoms with Gasteiger partial charge in [0.05, 0.1) is 18.8 Å². The van der Waals surface area contributed by atoms with E-state index in [0.29, 0.717) is 25.0 Å². The highest BCUT2D eigenvalue weighted by molar-refractivity contribution is 5.94. The zero-order valence-corrected chi connectivity index (χ0v) is 18.6. The Bertz CT molecular complexity index is 719. The highest BCUT2D eigenvalue weighted by Gasteiger charge is 2.31. The van der Waals surface area contributed by atoms with Gasteiger partial charge in [-0.2, -0.15) is 0 Å². The van der Waals surface area contributed by atoms with E-state index in [1.807, 2.05) is 43.0 Å². The first-order chi connectivity index (χ1) is 13.8. The van der Waals surface area contributed by atoms with E-state index in [1.54, 1.807) is 0 Å². The number of amides is 1. The van der Waals surface area contributed by atoms with Crippen molar-refractivity contribution in [2.24, 2.45) is 10.4 Å². The Kier molecular flexibility index (Phi) is 6.83. The van der Waals surface area contributed by atoms with Crippen LogP contribution in [-0.2, 0) is 11.3 Å². The Morgan fingerprint density at radius 1 is 1.17 bits per heavy atom. The van der Waals surface area contributed by atoms with Gasteiger partial charge in [0.25, 0.3) is 5.91 Å². The van der Waals surface area contributed by atoms with E-state index in [-0.39, 0.29) is 18.1 Å². The molecule has 0 radical (unpaired) electrons. The number of hydrogen-bond donors (Lipinski definition) is 1. The summed E-state index contributed by atoms with van der Waals surface area (Å²) in [5.41, 5.74) is 2.18. The summed E-state index contributed by atoms with van der Waals surface area (Å²) >= 11 is 0. The number of aliphatic imine (C=N–C) groups is 1. The molecule has 0 saturated carbocycles. The molecule has 6 heteroatoms. The van der Waals surface area contributed by atoms with Crippen molar-refractivity contribution in [3.05, 3.63) is 35.4 Å². The molecule has 2 atom stereocenters. The van der Waals surface area contributed by atoms with Gasteiger partial charge in [0.1, 0.15) is 0 Å². The summed E-state index contributed by atoms with van der Waals surface area (Å²) in [5, 5.41) is 3.42. The van der Waals surface area contributed by atoms with Crippen molar-refractivity contribution in [3.8, 4) is 0 Å². The number of benzene rings is 1. The third-order valence-electron chi connectivity index (χ3n) is 5.63. The Hall–Kier alpha value is -2.08. The van der Waals surface area contributed by atoms with Gasteiger partial charge in [-0.3, -0.25) is 4.79 Å². The first-order valence-electron chi connectivity index (χ1n) is 10.8. The molecule has 2 aliphatic rings. The van der Waals surface area contributed by atoms with Crippen LogP contribution in [0.1, 0.15) is 57.0 Å². The maximum absolute atomic E-state index is 12.8. The summed E-state index contributed by atoms with van der Waals surface area (Å²) in [6.07, 6.45) is 1.35. The number of likely N-dealkylation sites (tertiary alicyclic amines) is 1. The van der Waals surface area contributed by atoms with Crippen LogP contribution in [0.25, 0.3) is 0 Å². The number of carbonyl (C=O) groups excluding carboxylic acids is 1. The molecule has 0 aromatic heterocycles. The number of nitrogens with one attached hydrogen (secondary N) is 1. The van der Waals surface area contributed by atoms with Gasteiger partial charge in [0.2, 0.25) is 0 Å². The summed E-state index contributed by atoms with van der Waals surface area (Å²) in [6, 6.07) is 7.87. The van der Waals surface area contributed by atoms with Crippen LogP contribution in [0.2, 0.25) is 0 Å². The molecule has 0 spiro atoms. The third-order valence-corrected chi connectivity index (χ3v) is 5.63. The Morgan fingerprint density at radius 3 is 2.38 bits per heavy atom. The standard InChI is InChI=1S/C23H36N4O2/c1-6-24-22(26-12-11-23(4,5)16-26)25-13-19-7-9-20(10-8-19)21(28)27-14-17(2)29-18(3)15-27/h7-10,17-18H,6,11-16H2,1-5H3,(H,24,25). The van der Waals surface area contributed by atoms with Crippen LogP contribution < -0.4 is 5.32 Å². The third kappa shape index (κ3) is 5.72. The first-order valence-corrected chi connectivity index (χ1v) is 10.8. The SMILES string of the molecule is CCNC(=NCc1ccc(C(=O)N2CC(C)OC(C)C2)cc1)N1CCC(C)(C)C1. The van der Waals surface area contributed by atoms with Crippen molar-refractivity contribution in [2.75, 3.05) is 32.7 Å². The summed E-state index contributed by atoms with van der Waals surface area (Å²) in [7, 11) is 0. The van der Waals surface area contributed by atoms with Gasteiger partial charge in [-0.1, -0.05) is 26.0 Å². The average Bonchev–Trinajstić information content (AvgIpc) is 3.04. The first kappa shape index (κ1) is 21.6. The van der Waals surface area contributed by atoms with Gasteiger partial charge >= 0.3 is 0 Å². The number of morpholine rings is 1. The quantitative estimate of drug-likeness (QED) is 0.623. The largest absolute Gasteiger partial charge is 0.372 e. The number of carbonyl (C=O) groups is 1. The summed E-state index contributed by atoms with van der Waals surface area (Å²) < 4.78 is 5.73. The van der Waals surface area contributed by atoms with Crippen molar-refractivity contribution in [3.63, 3.8) is 0 Å². The molecular weight excluding hydrogens is 364 g/mol. The smallest absolute Gasteiger partial charge is 0.254 e. The van der Waals surface area contributed by atoms with E-state index >= 15 is 0 Å². The molecule has 160 valence electrons. The van der Waals surface area contributed by atoms with Gasteiger partial charge < -0.3 is 19.9 Å². The van der Waals surface area contributed by atoms with Crippen LogP contribution in [0, 0.1) is 5.41 Å². The molecule has 2 heterocycles. The summed E-state index contributed by atoms with van der Waals surface area (Å²) in [4.78, 5) is 21.9. The summed E-state index contributed by atoms with van der Waals surface area (Å²) in [6.45, 7) is 15.6. The van der Waals surface area contributed by atoms with Crippen LogP contribution in [0.3, 0.4) is 0 Å². The molecule has 6 nitrogen and oxygen atoms in total. The molecule has 1 aromatic rings. The highest BCUT2D eigenvalue weighted by Crippen LogP contribution is 2.28. The lowest BCUT2D eigenvalue weighted by atomic mass is 9.93. The molecular formula is C23H36N4O2. The molecule has 0 aliphatic carbocycles. The molecule has 1 aromatic carbocycles. The molecule has 1 N–H and O–H groups in total. The molecule has 3 rings (SSSR count). The number of guanidine groups is 1. The Morgan fingerprint density at radius 2 is 1.83 bits per heavy atom. The fraction of sp³-hybridized carbons (Fsp3) is 0.652. The lowest BCUT2D eigenvalue weighted by Crippen LogP contribution is -2.48. The molecule has 2 fully saturated rings. The van der Waals surface area contributed by atoms with Crippen LogP contribution in [0.15, 0.2) is 29.3 Å². The predicted molar refractivity (Wildman–Crippen MR) is 117 cm³/mol. The normalized spacial score (nSPS) is 24.7. The van der Waals surface area contributed by atoms with E-state index in [2.05, 4.69) is 31.0 Å². The van der Waals surface area contributed by atoms with E-state index in [0.717, 1.165) is 36.7 Å². The minimum atomic E-state index is 0.0784. The predicted octanol–water partition coefficient (Wildman–Crippen LogP) is 3.13. The molecule has 2 aliphatic heterocycles. The van der Waals surface area contributed by atoms with Gasteiger partial charge in [-0.05, 0) is 50.3 Å². The van der Waals surface area contributed by atoms with Gasteiger partial charge in [-0.15, -0.1) is 0 Å². The fourth-order valence-corrected chi connectivity index (χ4v) is 4.16. The maximum atomic E-state index is 12.8. The second kappa shape index (κ2) is 9.16. The summed E-state index contributed by atoms with van der Waals surface area (Å²) in [5.74, 6) is 1.06. The van der Waals surface area contributed by atoms with Crippen molar-refractivity contribution < 1.29 is 9.53 Å². The van der Waals surface area contributed by atoms with Crippen molar-refractivity contribution >= 4 is 11.9 Å². The number of nitrogens with zero attached hydrogens (tertiary/aromatic N) is 3. The Balaban J connectivity index is 1.63. The average molecular weight is 401 g/mol. The van der Waals surface area contributed by atoms with Crippen molar-refractivity contribution in [1.29, 1.82) is 0 Å². The van der Waals surface area contributed by atoms with Crippen molar-refractivity contribution in [1.82, 2.24) is 15.1 Å². The Labute approximate surface area is 175 Å². The molecule has 0 bridgehead atoms.